The molecule has 0 saturated carbocycles. The predicted octanol–water partition coefficient (Wildman–Crippen LogP) is 5.03. The third-order valence-electron chi connectivity index (χ3n) is 7.11. The zero-order valence-electron chi connectivity index (χ0n) is 27.4. The average Bonchev–Trinajstić information content (AvgIpc) is 3.39. The first-order chi connectivity index (χ1) is 21.8. The number of carbonyl (C=O) groups is 4. The molecule has 2 aromatic carbocycles. The van der Waals surface area contributed by atoms with E-state index in [4.69, 9.17) is 9.47 Å². The van der Waals surface area contributed by atoms with Gasteiger partial charge in [0.25, 0.3) is 0 Å². The minimum Gasteiger partial charge on any atom is -0.460 e. The number of nitrogens with one attached hydrogen (secondary N) is 4. The number of esters is 1. The van der Waals surface area contributed by atoms with Crippen LogP contribution in [-0.4, -0.2) is 60.1 Å². The first kappa shape index (κ1) is 37.0. The van der Waals surface area contributed by atoms with E-state index < -0.39 is 23.5 Å². The molecule has 1 aromatic heterocycles. The van der Waals surface area contributed by atoms with Gasteiger partial charge < -0.3 is 30.4 Å². The van der Waals surface area contributed by atoms with Gasteiger partial charge in [-0.2, -0.15) is 0 Å². The highest BCUT2D eigenvalue weighted by molar-refractivity contribution is 14.1. The number of H-pyrrole nitrogens is 1. The van der Waals surface area contributed by atoms with E-state index in [2.05, 4.69) is 43.5 Å². The number of hydrogen-bond acceptors (Lipinski definition) is 6. The molecular formula is C35H47IN4O6. The fourth-order valence-electron chi connectivity index (χ4n) is 4.98. The van der Waals surface area contributed by atoms with Gasteiger partial charge in [-0.15, -0.1) is 0 Å². The number of aromatic amines is 1. The van der Waals surface area contributed by atoms with Crippen LogP contribution in [0.4, 0.5) is 0 Å². The summed E-state index contributed by atoms with van der Waals surface area (Å²) in [5.41, 5.74) is 2.17. The van der Waals surface area contributed by atoms with Gasteiger partial charge in [0.05, 0.1) is 19.6 Å². The molecule has 0 saturated heterocycles. The van der Waals surface area contributed by atoms with Crippen molar-refractivity contribution in [2.45, 2.75) is 78.5 Å². The molecule has 0 radical (unpaired) electrons. The second-order valence-electron chi connectivity index (χ2n) is 12.8. The van der Waals surface area contributed by atoms with Gasteiger partial charge in [-0.25, -0.2) is 0 Å². The second kappa shape index (κ2) is 18.0. The SMILES string of the molecule is CC(C)C[C@H](CC(=O)OC(C)(C)C)C(=O)N[C@@H](Cc1c[nH]c2ccccc12)C(=O)NCCOCCC(=O)NCc1ccc(I)cc1. The van der Waals surface area contributed by atoms with Crippen molar-refractivity contribution in [3.63, 3.8) is 0 Å². The smallest absolute Gasteiger partial charge is 0.307 e. The lowest BCUT2D eigenvalue weighted by Crippen LogP contribution is -2.50. The largest absolute Gasteiger partial charge is 0.460 e. The lowest BCUT2D eigenvalue weighted by atomic mass is 9.92. The molecule has 10 nitrogen and oxygen atoms in total. The van der Waals surface area contributed by atoms with Gasteiger partial charge in [0.1, 0.15) is 11.6 Å². The monoisotopic (exact) mass is 746 g/mol. The Bertz CT molecular complexity index is 1450. The van der Waals surface area contributed by atoms with Crippen molar-refractivity contribution in [1.29, 1.82) is 0 Å². The number of hydrogen-bond donors (Lipinski definition) is 4. The fourth-order valence-corrected chi connectivity index (χ4v) is 5.34. The Balaban J connectivity index is 1.56. The minimum absolute atomic E-state index is 0.0746. The highest BCUT2D eigenvalue weighted by atomic mass is 127. The normalized spacial score (nSPS) is 12.8. The Kier molecular flexibility index (Phi) is 14.5. The van der Waals surface area contributed by atoms with Crippen molar-refractivity contribution in [3.05, 3.63) is 69.4 Å². The van der Waals surface area contributed by atoms with Crippen molar-refractivity contribution in [2.75, 3.05) is 19.8 Å². The molecular weight excluding hydrogens is 699 g/mol. The maximum absolute atomic E-state index is 13.6. The number of carbonyl (C=O) groups excluding carboxylic acids is 4. The van der Waals surface area contributed by atoms with Crippen LogP contribution in [0, 0.1) is 15.4 Å². The number of ether oxygens (including phenoxy) is 2. The maximum atomic E-state index is 13.6. The van der Waals surface area contributed by atoms with Gasteiger partial charge in [0.15, 0.2) is 0 Å². The topological polar surface area (TPSA) is 139 Å². The third-order valence-corrected chi connectivity index (χ3v) is 7.83. The number of aromatic nitrogens is 1. The van der Waals surface area contributed by atoms with Crippen LogP contribution in [0.2, 0.25) is 0 Å². The number of rotatable bonds is 17. The predicted molar refractivity (Wildman–Crippen MR) is 187 cm³/mol. The Hall–Kier alpha value is -3.45. The molecule has 11 heteroatoms. The first-order valence-electron chi connectivity index (χ1n) is 15.7. The molecule has 0 fully saturated rings. The summed E-state index contributed by atoms with van der Waals surface area (Å²) in [6.45, 7) is 10.4. The Morgan fingerprint density at radius 2 is 1.65 bits per heavy atom. The van der Waals surface area contributed by atoms with E-state index in [9.17, 15) is 19.2 Å². The number of benzene rings is 2. The van der Waals surface area contributed by atoms with E-state index in [0.29, 0.717) is 13.0 Å². The molecule has 0 unspecified atom stereocenters. The number of fused-ring (bicyclic) bond motifs is 1. The second-order valence-corrected chi connectivity index (χ2v) is 14.0. The van der Waals surface area contributed by atoms with Gasteiger partial charge >= 0.3 is 5.97 Å². The summed E-state index contributed by atoms with van der Waals surface area (Å²) in [5, 5.41) is 9.62. The maximum Gasteiger partial charge on any atom is 0.307 e. The molecule has 250 valence electrons. The lowest BCUT2D eigenvalue weighted by molar-refractivity contribution is -0.157. The van der Waals surface area contributed by atoms with Crippen LogP contribution in [0.25, 0.3) is 10.9 Å². The van der Waals surface area contributed by atoms with Crippen molar-refractivity contribution in [1.82, 2.24) is 20.9 Å². The molecule has 3 aromatic rings. The van der Waals surface area contributed by atoms with E-state index in [0.717, 1.165) is 25.6 Å². The Morgan fingerprint density at radius 1 is 0.935 bits per heavy atom. The number of amides is 3. The van der Waals surface area contributed by atoms with E-state index >= 15 is 0 Å². The van der Waals surface area contributed by atoms with Crippen LogP contribution in [0.3, 0.4) is 0 Å². The quantitative estimate of drug-likeness (QED) is 0.0869. The Morgan fingerprint density at radius 3 is 2.35 bits per heavy atom. The highest BCUT2D eigenvalue weighted by Crippen LogP contribution is 2.22. The van der Waals surface area contributed by atoms with Gasteiger partial charge in [0.2, 0.25) is 17.7 Å². The van der Waals surface area contributed by atoms with Crippen molar-refractivity contribution < 1.29 is 28.7 Å². The third kappa shape index (κ3) is 13.1. The zero-order chi connectivity index (χ0) is 33.7. The van der Waals surface area contributed by atoms with Crippen LogP contribution in [-0.2, 0) is 41.6 Å². The fraction of sp³-hybridized carbons (Fsp3) is 0.486. The minimum atomic E-state index is -0.882. The van der Waals surface area contributed by atoms with Gasteiger partial charge in [-0.1, -0.05) is 44.2 Å². The molecule has 0 aliphatic rings. The summed E-state index contributed by atoms with van der Waals surface area (Å²) in [7, 11) is 0. The van der Waals surface area contributed by atoms with E-state index in [1.54, 1.807) is 20.8 Å². The van der Waals surface area contributed by atoms with Crippen LogP contribution in [0.5, 0.6) is 0 Å². The lowest BCUT2D eigenvalue weighted by Gasteiger charge is -2.25. The molecule has 0 bridgehead atoms. The molecule has 3 amide bonds. The molecule has 4 N–H and O–H groups in total. The van der Waals surface area contributed by atoms with Crippen LogP contribution >= 0.6 is 22.6 Å². The molecule has 0 spiro atoms. The average molecular weight is 747 g/mol. The van der Waals surface area contributed by atoms with Crippen LogP contribution in [0.1, 0.15) is 65.0 Å². The van der Waals surface area contributed by atoms with Gasteiger partial charge in [-0.3, -0.25) is 19.2 Å². The highest BCUT2D eigenvalue weighted by Gasteiger charge is 2.30. The standard InChI is InChI=1S/C35H47IN4O6/c1-23(2)18-25(20-32(42)46-35(3,4)5)33(43)40-30(19-26-22-38-29-9-7-6-8-28(26)29)34(44)37-15-17-45-16-14-31(41)39-21-24-10-12-27(36)13-11-24/h6-13,22-23,25,30,38H,14-21H2,1-5H3,(H,37,44)(H,39,41)(H,40,43)/t25-,30+/m1/s1. The summed E-state index contributed by atoms with van der Waals surface area (Å²) in [5.74, 6) is -1.79. The molecule has 3 rings (SSSR count). The molecule has 0 aliphatic heterocycles. The summed E-state index contributed by atoms with van der Waals surface area (Å²) in [4.78, 5) is 55.0. The summed E-state index contributed by atoms with van der Waals surface area (Å²) in [6, 6.07) is 14.8. The van der Waals surface area contributed by atoms with Crippen molar-refractivity contribution in [2.24, 2.45) is 11.8 Å². The Labute approximate surface area is 285 Å². The summed E-state index contributed by atoms with van der Waals surface area (Å²) in [6.07, 6.45) is 2.69. The number of para-hydroxylation sites is 1. The molecule has 2 atom stereocenters. The molecule has 0 aliphatic carbocycles. The van der Waals surface area contributed by atoms with Crippen LogP contribution in [0.15, 0.2) is 54.7 Å². The first-order valence-corrected chi connectivity index (χ1v) is 16.8. The van der Waals surface area contributed by atoms with E-state index in [1.165, 1.54) is 0 Å². The zero-order valence-corrected chi connectivity index (χ0v) is 29.6. The summed E-state index contributed by atoms with van der Waals surface area (Å²) >= 11 is 2.23. The van der Waals surface area contributed by atoms with Crippen molar-refractivity contribution >= 4 is 57.2 Å². The molecule has 1 heterocycles. The van der Waals surface area contributed by atoms with E-state index in [1.807, 2.05) is 68.6 Å². The van der Waals surface area contributed by atoms with Crippen LogP contribution < -0.4 is 16.0 Å². The van der Waals surface area contributed by atoms with E-state index in [-0.39, 0.29) is 62.7 Å². The van der Waals surface area contributed by atoms with Gasteiger partial charge in [0, 0.05) is 52.5 Å². The number of halogens is 1. The molecule has 46 heavy (non-hydrogen) atoms. The summed E-state index contributed by atoms with van der Waals surface area (Å²) < 4.78 is 12.2. The van der Waals surface area contributed by atoms with Crippen molar-refractivity contribution in [3.8, 4) is 0 Å². The van der Waals surface area contributed by atoms with Gasteiger partial charge in [-0.05, 0) is 85.0 Å².